The van der Waals surface area contributed by atoms with E-state index >= 15 is 0 Å². The Balaban J connectivity index is 1.43. The predicted molar refractivity (Wildman–Crippen MR) is 126 cm³/mol. The number of hydrogen-bond acceptors (Lipinski definition) is 8. The van der Waals surface area contributed by atoms with E-state index in [1.807, 2.05) is 4.90 Å². The molecule has 2 heterocycles. The second kappa shape index (κ2) is 11.8. The van der Waals surface area contributed by atoms with Crippen molar-refractivity contribution in [3.05, 3.63) is 54.4 Å². The lowest BCUT2D eigenvalue weighted by Gasteiger charge is -2.35. The van der Waals surface area contributed by atoms with Crippen LogP contribution in [0.1, 0.15) is 19.4 Å². The number of ether oxygens (including phenoxy) is 2. The van der Waals surface area contributed by atoms with Crippen LogP contribution in [0.15, 0.2) is 48.8 Å². The summed E-state index contributed by atoms with van der Waals surface area (Å²) >= 11 is 0. The molecule has 1 aromatic carbocycles. The lowest BCUT2D eigenvalue weighted by Crippen LogP contribution is -2.52. The van der Waals surface area contributed by atoms with E-state index in [0.29, 0.717) is 37.9 Å². The second-order valence-corrected chi connectivity index (χ2v) is 7.78. The van der Waals surface area contributed by atoms with Gasteiger partial charge in [-0.05, 0) is 43.7 Å². The summed E-state index contributed by atoms with van der Waals surface area (Å²) in [5, 5.41) is 2.55. The minimum absolute atomic E-state index is 0.278. The lowest BCUT2D eigenvalue weighted by molar-refractivity contribution is -0.161. The molecule has 34 heavy (non-hydrogen) atoms. The molecule has 0 saturated carbocycles. The second-order valence-electron chi connectivity index (χ2n) is 7.78. The highest BCUT2D eigenvalue weighted by molar-refractivity contribution is 5.95. The van der Waals surface area contributed by atoms with Crippen molar-refractivity contribution in [2.75, 3.05) is 38.2 Å². The maximum atomic E-state index is 12.7. The van der Waals surface area contributed by atoms with Crippen LogP contribution in [-0.2, 0) is 19.1 Å². The van der Waals surface area contributed by atoms with Gasteiger partial charge in [0.15, 0.2) is 6.10 Å². The van der Waals surface area contributed by atoms with Crippen LogP contribution in [0.3, 0.4) is 0 Å². The maximum Gasteiger partial charge on any atom is 0.329 e. The Kier molecular flexibility index (Phi) is 8.55. The lowest BCUT2D eigenvalue weighted by atomic mass is 10.2. The number of carbonyl (C=O) groups excluding carboxylic acids is 3. The first kappa shape index (κ1) is 24.7. The molecule has 0 aliphatic carbocycles. The van der Waals surface area contributed by atoms with Gasteiger partial charge in [-0.3, -0.25) is 9.59 Å². The molecule has 2 aromatic rings. The predicted octanol–water partition coefficient (Wildman–Crippen LogP) is 1.28. The SMILES string of the molecule is COc1ccc(/C=C/C(=O)N[C@@H](C)C(=O)OC(C)C(=O)N2CCN(c3ncccn3)CC2)cc1. The van der Waals surface area contributed by atoms with Crippen molar-refractivity contribution in [1.29, 1.82) is 0 Å². The molecule has 1 aromatic heterocycles. The molecule has 0 bridgehead atoms. The van der Waals surface area contributed by atoms with E-state index in [0.717, 1.165) is 5.56 Å². The number of nitrogens with one attached hydrogen (secondary N) is 1. The zero-order valence-corrected chi connectivity index (χ0v) is 19.5. The summed E-state index contributed by atoms with van der Waals surface area (Å²) in [5.41, 5.74) is 0.810. The van der Waals surface area contributed by atoms with E-state index < -0.39 is 24.0 Å². The fourth-order valence-corrected chi connectivity index (χ4v) is 3.37. The molecule has 2 atom stereocenters. The van der Waals surface area contributed by atoms with Gasteiger partial charge in [0.2, 0.25) is 11.9 Å². The van der Waals surface area contributed by atoms with Crippen LogP contribution in [0, 0.1) is 0 Å². The first-order valence-corrected chi connectivity index (χ1v) is 11.0. The average molecular weight is 468 g/mol. The first-order valence-electron chi connectivity index (χ1n) is 11.0. The molecular weight excluding hydrogens is 438 g/mol. The third-order valence-electron chi connectivity index (χ3n) is 5.32. The van der Waals surface area contributed by atoms with Crippen molar-refractivity contribution in [2.45, 2.75) is 26.0 Å². The molecule has 1 N–H and O–H groups in total. The Morgan fingerprint density at radius 3 is 2.29 bits per heavy atom. The van der Waals surface area contributed by atoms with Crippen molar-refractivity contribution < 1.29 is 23.9 Å². The van der Waals surface area contributed by atoms with Crippen molar-refractivity contribution in [2.24, 2.45) is 0 Å². The van der Waals surface area contributed by atoms with Gasteiger partial charge in [-0.1, -0.05) is 12.1 Å². The van der Waals surface area contributed by atoms with Crippen LogP contribution in [0.4, 0.5) is 5.95 Å². The van der Waals surface area contributed by atoms with Crippen LogP contribution >= 0.6 is 0 Å². The fraction of sp³-hybridized carbons (Fsp3) is 0.375. The Bertz CT molecular complexity index is 1000. The van der Waals surface area contributed by atoms with E-state index in [4.69, 9.17) is 9.47 Å². The molecule has 3 rings (SSSR count). The number of benzene rings is 1. The van der Waals surface area contributed by atoms with Gasteiger partial charge in [-0.15, -0.1) is 0 Å². The molecule has 10 heteroatoms. The quantitative estimate of drug-likeness (QED) is 0.456. The molecule has 2 amide bonds. The molecular formula is C24H29N5O5. The highest BCUT2D eigenvalue weighted by Gasteiger charge is 2.29. The summed E-state index contributed by atoms with van der Waals surface area (Å²) in [6.45, 7) is 5.16. The number of rotatable bonds is 8. The number of amides is 2. The number of anilines is 1. The van der Waals surface area contributed by atoms with Crippen molar-refractivity contribution >= 4 is 29.8 Å². The Morgan fingerprint density at radius 2 is 1.68 bits per heavy atom. The van der Waals surface area contributed by atoms with Crippen LogP contribution in [-0.4, -0.2) is 78.1 Å². The van der Waals surface area contributed by atoms with E-state index in [1.165, 1.54) is 19.9 Å². The molecule has 1 aliphatic rings. The Labute approximate surface area is 198 Å². The largest absolute Gasteiger partial charge is 0.497 e. The van der Waals surface area contributed by atoms with Gasteiger partial charge in [-0.2, -0.15) is 0 Å². The monoisotopic (exact) mass is 467 g/mol. The van der Waals surface area contributed by atoms with E-state index in [2.05, 4.69) is 15.3 Å². The normalized spacial score (nSPS) is 15.5. The third-order valence-corrected chi connectivity index (χ3v) is 5.32. The number of carbonyl (C=O) groups is 3. The summed E-state index contributed by atoms with van der Waals surface area (Å²) in [7, 11) is 1.58. The molecule has 180 valence electrons. The summed E-state index contributed by atoms with van der Waals surface area (Å²) in [6.07, 6.45) is 5.35. The number of nitrogens with zero attached hydrogens (tertiary/aromatic N) is 4. The van der Waals surface area contributed by atoms with Gasteiger partial charge in [-0.25, -0.2) is 14.8 Å². The standard InChI is InChI=1S/C24H29N5O5/c1-17(27-21(30)10-7-19-5-8-20(33-3)9-6-19)23(32)34-18(2)22(31)28-13-15-29(16-14-28)24-25-11-4-12-26-24/h4-12,17-18H,13-16H2,1-3H3,(H,27,30)/b10-7+/t17-,18?/m0/s1. The molecule has 1 saturated heterocycles. The molecule has 0 spiro atoms. The highest BCUT2D eigenvalue weighted by Crippen LogP contribution is 2.13. The van der Waals surface area contributed by atoms with E-state index in [-0.39, 0.29) is 5.91 Å². The zero-order valence-electron chi connectivity index (χ0n) is 19.5. The van der Waals surface area contributed by atoms with Gasteiger partial charge in [0.1, 0.15) is 11.8 Å². The fourth-order valence-electron chi connectivity index (χ4n) is 3.37. The summed E-state index contributed by atoms with van der Waals surface area (Å²) < 4.78 is 10.4. The minimum atomic E-state index is -0.957. The first-order chi connectivity index (χ1) is 16.4. The van der Waals surface area contributed by atoms with Crippen molar-refractivity contribution in [1.82, 2.24) is 20.2 Å². The summed E-state index contributed by atoms with van der Waals surface area (Å²) in [6, 6.07) is 8.02. The molecule has 1 fully saturated rings. The average Bonchev–Trinajstić information content (AvgIpc) is 2.87. The summed E-state index contributed by atoms with van der Waals surface area (Å²) in [4.78, 5) is 49.4. The smallest absolute Gasteiger partial charge is 0.329 e. The van der Waals surface area contributed by atoms with Gasteiger partial charge >= 0.3 is 5.97 Å². The zero-order chi connectivity index (χ0) is 24.5. The van der Waals surface area contributed by atoms with E-state index in [9.17, 15) is 14.4 Å². The Hall–Kier alpha value is -3.95. The van der Waals surface area contributed by atoms with Crippen molar-refractivity contribution in [3.8, 4) is 5.75 Å². The van der Waals surface area contributed by atoms with Crippen LogP contribution in [0.5, 0.6) is 5.75 Å². The minimum Gasteiger partial charge on any atom is -0.497 e. The van der Waals surface area contributed by atoms with Crippen LogP contribution < -0.4 is 15.0 Å². The molecule has 0 radical (unpaired) electrons. The van der Waals surface area contributed by atoms with Gasteiger partial charge in [0.05, 0.1) is 7.11 Å². The van der Waals surface area contributed by atoms with Crippen LogP contribution in [0.2, 0.25) is 0 Å². The van der Waals surface area contributed by atoms with E-state index in [1.54, 1.807) is 60.8 Å². The maximum absolute atomic E-state index is 12.7. The van der Waals surface area contributed by atoms with Gasteiger partial charge in [0, 0.05) is 44.6 Å². The number of aromatic nitrogens is 2. The van der Waals surface area contributed by atoms with Crippen LogP contribution in [0.25, 0.3) is 6.08 Å². The third kappa shape index (κ3) is 6.77. The molecule has 1 aliphatic heterocycles. The number of hydrogen-bond donors (Lipinski definition) is 1. The van der Waals surface area contributed by atoms with Crippen molar-refractivity contribution in [3.63, 3.8) is 0 Å². The summed E-state index contributed by atoms with van der Waals surface area (Å²) in [5.74, 6) is -0.0600. The Morgan fingerprint density at radius 1 is 1.03 bits per heavy atom. The molecule has 1 unspecified atom stereocenters. The number of methoxy groups -OCH3 is 1. The number of piperazine rings is 1. The number of esters is 1. The van der Waals surface area contributed by atoms with Gasteiger partial charge < -0.3 is 24.6 Å². The topological polar surface area (TPSA) is 114 Å². The molecule has 10 nitrogen and oxygen atoms in total. The highest BCUT2D eigenvalue weighted by atomic mass is 16.5. The van der Waals surface area contributed by atoms with Gasteiger partial charge in [0.25, 0.3) is 5.91 Å².